The first-order chi connectivity index (χ1) is 7.09. The Balaban J connectivity index is 2.54. The molecule has 1 aromatic carbocycles. The maximum Gasteiger partial charge on any atom is 0.140 e. The van der Waals surface area contributed by atoms with Crippen molar-refractivity contribution in [3.63, 3.8) is 0 Å². The van der Waals surface area contributed by atoms with Crippen LogP contribution in [-0.4, -0.2) is 0 Å². The SMILES string of the molecule is N#CC1(c2cc(Br)c(F)cc2F)CCC1. The molecule has 0 atom stereocenters. The van der Waals surface area contributed by atoms with E-state index in [9.17, 15) is 8.78 Å². The quantitative estimate of drug-likeness (QED) is 0.715. The van der Waals surface area contributed by atoms with Gasteiger partial charge in [-0.1, -0.05) is 0 Å². The topological polar surface area (TPSA) is 23.8 Å². The molecular weight excluding hydrogens is 264 g/mol. The third-order valence-electron chi connectivity index (χ3n) is 2.95. The smallest absolute Gasteiger partial charge is 0.140 e. The van der Waals surface area contributed by atoms with E-state index in [4.69, 9.17) is 5.26 Å². The molecule has 0 N–H and O–H groups in total. The predicted molar refractivity (Wildman–Crippen MR) is 55.2 cm³/mol. The first-order valence-electron chi connectivity index (χ1n) is 4.65. The number of benzene rings is 1. The van der Waals surface area contributed by atoms with E-state index in [1.807, 2.05) is 0 Å². The molecule has 0 bridgehead atoms. The molecule has 2 rings (SSSR count). The minimum absolute atomic E-state index is 0.209. The number of hydrogen-bond donors (Lipinski definition) is 0. The summed E-state index contributed by atoms with van der Waals surface area (Å²) in [5.74, 6) is -1.26. The number of halogens is 3. The van der Waals surface area contributed by atoms with Gasteiger partial charge in [0, 0.05) is 11.6 Å². The second kappa shape index (κ2) is 3.57. The molecule has 1 nitrogen and oxygen atoms in total. The second-order valence-electron chi connectivity index (χ2n) is 3.79. The van der Waals surface area contributed by atoms with Crippen LogP contribution in [-0.2, 0) is 5.41 Å². The normalized spacial score (nSPS) is 18.0. The van der Waals surface area contributed by atoms with Crippen molar-refractivity contribution in [1.29, 1.82) is 5.26 Å². The van der Waals surface area contributed by atoms with E-state index in [1.165, 1.54) is 6.07 Å². The van der Waals surface area contributed by atoms with E-state index in [0.717, 1.165) is 12.5 Å². The van der Waals surface area contributed by atoms with Crippen molar-refractivity contribution < 1.29 is 8.78 Å². The molecule has 0 aromatic heterocycles. The van der Waals surface area contributed by atoms with Crippen molar-refractivity contribution in [2.75, 3.05) is 0 Å². The molecule has 0 saturated heterocycles. The van der Waals surface area contributed by atoms with Crippen molar-refractivity contribution in [2.24, 2.45) is 0 Å². The van der Waals surface area contributed by atoms with Crippen LogP contribution >= 0.6 is 15.9 Å². The summed E-state index contributed by atoms with van der Waals surface area (Å²) in [7, 11) is 0. The number of rotatable bonds is 1. The molecule has 1 aliphatic carbocycles. The summed E-state index contributed by atoms with van der Waals surface area (Å²) in [6, 6.07) is 4.35. The summed E-state index contributed by atoms with van der Waals surface area (Å²) in [6.45, 7) is 0. The summed E-state index contributed by atoms with van der Waals surface area (Å²) < 4.78 is 26.7. The van der Waals surface area contributed by atoms with Crippen LogP contribution in [0.4, 0.5) is 8.78 Å². The van der Waals surface area contributed by atoms with Gasteiger partial charge in [-0.3, -0.25) is 0 Å². The third-order valence-corrected chi connectivity index (χ3v) is 3.55. The van der Waals surface area contributed by atoms with Crippen molar-refractivity contribution >= 4 is 15.9 Å². The van der Waals surface area contributed by atoms with Gasteiger partial charge in [0.1, 0.15) is 11.6 Å². The van der Waals surface area contributed by atoms with Crippen molar-refractivity contribution in [3.05, 3.63) is 33.8 Å². The van der Waals surface area contributed by atoms with Crippen molar-refractivity contribution in [3.8, 4) is 6.07 Å². The van der Waals surface area contributed by atoms with Crippen LogP contribution in [0.5, 0.6) is 0 Å². The Morgan fingerprint density at radius 3 is 2.40 bits per heavy atom. The van der Waals surface area contributed by atoms with E-state index in [2.05, 4.69) is 22.0 Å². The average molecular weight is 272 g/mol. The van der Waals surface area contributed by atoms with Gasteiger partial charge in [0.15, 0.2) is 0 Å². The van der Waals surface area contributed by atoms with Crippen LogP contribution in [0.15, 0.2) is 16.6 Å². The molecule has 0 spiro atoms. The third kappa shape index (κ3) is 1.55. The predicted octanol–water partition coefficient (Wildman–Crippen LogP) is 3.67. The van der Waals surface area contributed by atoms with Crippen molar-refractivity contribution in [1.82, 2.24) is 0 Å². The Labute approximate surface area is 94.8 Å². The summed E-state index contributed by atoms with van der Waals surface area (Å²) in [4.78, 5) is 0. The molecule has 0 amide bonds. The number of nitrogens with zero attached hydrogens (tertiary/aromatic N) is 1. The van der Waals surface area contributed by atoms with Gasteiger partial charge in [-0.2, -0.15) is 5.26 Å². The van der Waals surface area contributed by atoms with E-state index >= 15 is 0 Å². The highest BCUT2D eigenvalue weighted by Crippen LogP contribution is 2.45. The highest BCUT2D eigenvalue weighted by molar-refractivity contribution is 9.10. The van der Waals surface area contributed by atoms with Gasteiger partial charge < -0.3 is 0 Å². The van der Waals surface area contributed by atoms with Crippen LogP contribution in [0.25, 0.3) is 0 Å². The zero-order chi connectivity index (χ0) is 11.1. The Kier molecular flexibility index (Phi) is 2.51. The fourth-order valence-electron chi connectivity index (χ4n) is 1.86. The Hall–Kier alpha value is -0.950. The van der Waals surface area contributed by atoms with Gasteiger partial charge in [0.05, 0.1) is 16.0 Å². The van der Waals surface area contributed by atoms with E-state index in [-0.39, 0.29) is 4.47 Å². The maximum atomic E-state index is 13.5. The average Bonchev–Trinajstić information content (AvgIpc) is 2.12. The lowest BCUT2D eigenvalue weighted by molar-refractivity contribution is 0.312. The Bertz CT molecular complexity index is 447. The largest absolute Gasteiger partial charge is 0.207 e. The van der Waals surface area contributed by atoms with Crippen molar-refractivity contribution in [2.45, 2.75) is 24.7 Å². The first-order valence-corrected chi connectivity index (χ1v) is 5.45. The van der Waals surface area contributed by atoms with Crippen LogP contribution in [0.1, 0.15) is 24.8 Å². The van der Waals surface area contributed by atoms with Crippen LogP contribution in [0, 0.1) is 23.0 Å². The molecule has 4 heteroatoms. The lowest BCUT2D eigenvalue weighted by Crippen LogP contribution is -2.33. The minimum atomic E-state index is -0.736. The molecule has 0 radical (unpaired) electrons. The molecule has 78 valence electrons. The van der Waals surface area contributed by atoms with Gasteiger partial charge in [0.25, 0.3) is 0 Å². The molecule has 1 aliphatic rings. The molecule has 0 heterocycles. The molecule has 0 unspecified atom stereocenters. The molecule has 1 saturated carbocycles. The van der Waals surface area contributed by atoms with Gasteiger partial charge in [-0.25, -0.2) is 8.78 Å². The molecule has 0 aliphatic heterocycles. The Morgan fingerprint density at radius 1 is 1.27 bits per heavy atom. The summed E-state index contributed by atoms with van der Waals surface area (Å²) >= 11 is 3.00. The maximum absolute atomic E-state index is 13.5. The fourth-order valence-corrected chi connectivity index (χ4v) is 2.20. The zero-order valence-corrected chi connectivity index (χ0v) is 9.44. The Morgan fingerprint density at radius 2 is 1.93 bits per heavy atom. The molecule has 1 fully saturated rings. The first kappa shape index (κ1) is 10.6. The summed E-state index contributed by atoms with van der Waals surface area (Å²) in [5, 5.41) is 9.05. The standard InChI is InChI=1S/C11H8BrF2N/c12-8-4-7(9(13)5-10(8)14)11(6-15)2-1-3-11/h4-5H,1-3H2. The fraction of sp³-hybridized carbons (Fsp3) is 0.364. The van der Waals surface area contributed by atoms with Gasteiger partial charge in [0.2, 0.25) is 0 Å². The lowest BCUT2D eigenvalue weighted by Gasteiger charge is -2.35. The second-order valence-corrected chi connectivity index (χ2v) is 4.65. The highest BCUT2D eigenvalue weighted by Gasteiger charge is 2.41. The molecule has 1 aromatic rings. The monoisotopic (exact) mass is 271 g/mol. The van der Waals surface area contributed by atoms with Gasteiger partial charge in [-0.15, -0.1) is 0 Å². The van der Waals surface area contributed by atoms with E-state index < -0.39 is 17.0 Å². The van der Waals surface area contributed by atoms with Crippen LogP contribution in [0.3, 0.4) is 0 Å². The number of hydrogen-bond acceptors (Lipinski definition) is 1. The van der Waals surface area contributed by atoms with Gasteiger partial charge >= 0.3 is 0 Å². The molecule has 15 heavy (non-hydrogen) atoms. The minimum Gasteiger partial charge on any atom is -0.207 e. The van der Waals surface area contributed by atoms with Gasteiger partial charge in [-0.05, 0) is 41.3 Å². The summed E-state index contributed by atoms with van der Waals surface area (Å²) in [6.07, 6.45) is 2.22. The molecular formula is C11H8BrF2N. The highest BCUT2D eigenvalue weighted by atomic mass is 79.9. The van der Waals surface area contributed by atoms with Crippen LogP contribution in [0.2, 0.25) is 0 Å². The van der Waals surface area contributed by atoms with E-state index in [1.54, 1.807) is 0 Å². The number of nitriles is 1. The summed E-state index contributed by atoms with van der Waals surface area (Å²) in [5.41, 5.74) is -0.426. The van der Waals surface area contributed by atoms with E-state index in [0.29, 0.717) is 18.4 Å². The van der Waals surface area contributed by atoms with Crippen LogP contribution < -0.4 is 0 Å². The zero-order valence-electron chi connectivity index (χ0n) is 7.86. The lowest BCUT2D eigenvalue weighted by atomic mass is 9.65.